The number of nitrogens with zero attached hydrogens (tertiary/aromatic N) is 8. The topological polar surface area (TPSA) is 105 Å². The van der Waals surface area contributed by atoms with Gasteiger partial charge in [-0.05, 0) is 26.0 Å². The van der Waals surface area contributed by atoms with E-state index in [2.05, 4.69) is 30.4 Å². The number of anilines is 3. The molecule has 10 nitrogen and oxygen atoms in total. The number of aromatic nitrogens is 6. The van der Waals surface area contributed by atoms with Crippen molar-refractivity contribution in [3.05, 3.63) is 59.4 Å². The number of thiazole rings is 1. The fourth-order valence-corrected chi connectivity index (χ4v) is 4.80. The largest absolute Gasteiger partial charge is 0.337 e. The minimum atomic E-state index is -0.472. The molecule has 0 bridgehead atoms. The number of pyridine rings is 1. The molecule has 0 unspecified atom stereocenters. The number of piperazine rings is 1. The van der Waals surface area contributed by atoms with Crippen LogP contribution in [0.4, 0.5) is 21.3 Å². The molecule has 5 rings (SSSR count). The van der Waals surface area contributed by atoms with Gasteiger partial charge in [-0.15, -0.1) is 11.3 Å². The molecule has 35 heavy (non-hydrogen) atoms. The van der Waals surface area contributed by atoms with Crippen molar-refractivity contribution >= 4 is 34.1 Å². The molecule has 1 N–H and O–H groups in total. The number of aryl methyl sites for hydroxylation is 2. The van der Waals surface area contributed by atoms with Crippen LogP contribution in [0.5, 0.6) is 0 Å². The molecule has 1 aliphatic rings. The molecule has 0 radical (unpaired) electrons. The lowest BCUT2D eigenvalue weighted by Crippen LogP contribution is -2.54. The zero-order valence-electron chi connectivity index (χ0n) is 19.5. The minimum absolute atomic E-state index is 0.0626. The Balaban J connectivity index is 1.22. The van der Waals surface area contributed by atoms with E-state index in [0.29, 0.717) is 42.1 Å². The smallest absolute Gasteiger partial charge is 0.255 e. The van der Waals surface area contributed by atoms with Gasteiger partial charge in [-0.1, -0.05) is 0 Å². The molecule has 1 aliphatic heterocycles. The van der Waals surface area contributed by atoms with Crippen molar-refractivity contribution < 1.29 is 9.18 Å². The summed E-state index contributed by atoms with van der Waals surface area (Å²) in [6.07, 6.45) is 5.82. The maximum Gasteiger partial charge on any atom is 0.255 e. The number of carbonyl (C=O) groups excluding carboxylic acids is 1. The number of nitrogens with one attached hydrogen (secondary N) is 1. The van der Waals surface area contributed by atoms with E-state index in [-0.39, 0.29) is 11.9 Å². The van der Waals surface area contributed by atoms with Gasteiger partial charge >= 0.3 is 0 Å². The SMILES string of the molecule is Cc1nn(C)cc1-c1csc(Nc2ccc(C(=O)N3CCN(c4ncc(F)cn4)C[C@H]3C)cn2)n1. The van der Waals surface area contributed by atoms with E-state index >= 15 is 0 Å². The zero-order chi connectivity index (χ0) is 24.5. The lowest BCUT2D eigenvalue weighted by atomic mass is 10.1. The number of halogens is 1. The Labute approximate surface area is 205 Å². The van der Waals surface area contributed by atoms with Gasteiger partial charge in [-0.3, -0.25) is 9.48 Å². The van der Waals surface area contributed by atoms with Gasteiger partial charge in [-0.25, -0.2) is 24.3 Å². The third kappa shape index (κ3) is 4.83. The molecule has 0 saturated carbocycles. The summed E-state index contributed by atoms with van der Waals surface area (Å²) in [5.74, 6) is 0.517. The average molecular weight is 494 g/mol. The first kappa shape index (κ1) is 22.8. The standard InChI is InChI=1S/C23H24FN9OS/c1-14-11-32(22-26-9-17(24)10-27-22)6-7-33(14)21(34)16-4-5-20(25-8-16)29-23-28-19(13-35-23)18-12-31(3)30-15(18)2/h4-5,8-10,12-14H,6-7,11H2,1-3H3,(H,25,28,29)/t14-/m1/s1. The van der Waals surface area contributed by atoms with Crippen molar-refractivity contribution in [1.29, 1.82) is 0 Å². The summed E-state index contributed by atoms with van der Waals surface area (Å²) in [5.41, 5.74) is 3.28. The van der Waals surface area contributed by atoms with Crippen LogP contribution in [0.2, 0.25) is 0 Å². The van der Waals surface area contributed by atoms with E-state index < -0.39 is 5.82 Å². The van der Waals surface area contributed by atoms with Crippen LogP contribution in [-0.2, 0) is 7.05 Å². The molecule has 1 saturated heterocycles. The molecule has 4 aromatic heterocycles. The first-order chi connectivity index (χ1) is 16.9. The summed E-state index contributed by atoms with van der Waals surface area (Å²) in [6, 6.07) is 3.48. The summed E-state index contributed by atoms with van der Waals surface area (Å²) < 4.78 is 14.9. The Morgan fingerprint density at radius 1 is 1.17 bits per heavy atom. The quantitative estimate of drug-likeness (QED) is 0.452. The Morgan fingerprint density at radius 3 is 2.63 bits per heavy atom. The van der Waals surface area contributed by atoms with Crippen LogP contribution >= 0.6 is 11.3 Å². The van der Waals surface area contributed by atoms with Crippen molar-refractivity contribution in [1.82, 2.24) is 34.6 Å². The number of amides is 1. The number of carbonyl (C=O) groups is 1. The van der Waals surface area contributed by atoms with Gasteiger partial charge in [0.05, 0.1) is 29.3 Å². The summed E-state index contributed by atoms with van der Waals surface area (Å²) in [5, 5.41) is 10.2. The molecular formula is C23H24FN9OS. The fraction of sp³-hybridized carbons (Fsp3) is 0.304. The lowest BCUT2D eigenvalue weighted by Gasteiger charge is -2.39. The number of rotatable bonds is 5. The van der Waals surface area contributed by atoms with E-state index in [1.807, 2.05) is 42.3 Å². The van der Waals surface area contributed by atoms with Gasteiger partial charge in [0.1, 0.15) is 5.82 Å². The summed E-state index contributed by atoms with van der Waals surface area (Å²) in [6.45, 7) is 5.57. The van der Waals surface area contributed by atoms with Crippen LogP contribution in [0.25, 0.3) is 11.3 Å². The highest BCUT2D eigenvalue weighted by Crippen LogP contribution is 2.28. The van der Waals surface area contributed by atoms with E-state index in [1.165, 1.54) is 11.3 Å². The van der Waals surface area contributed by atoms with Gasteiger partial charge in [0.2, 0.25) is 5.95 Å². The Hall–Kier alpha value is -3.93. The van der Waals surface area contributed by atoms with E-state index in [1.54, 1.807) is 23.0 Å². The summed E-state index contributed by atoms with van der Waals surface area (Å²) in [7, 11) is 1.88. The molecule has 0 aliphatic carbocycles. The molecule has 12 heteroatoms. The second-order valence-electron chi connectivity index (χ2n) is 8.39. The van der Waals surface area contributed by atoms with E-state index in [4.69, 9.17) is 0 Å². The Bertz CT molecular complexity index is 1340. The summed E-state index contributed by atoms with van der Waals surface area (Å²) in [4.78, 5) is 34.0. The molecule has 180 valence electrons. The van der Waals surface area contributed by atoms with Crippen LogP contribution in [0.15, 0.2) is 42.3 Å². The normalized spacial score (nSPS) is 15.9. The second-order valence-corrected chi connectivity index (χ2v) is 9.25. The highest BCUT2D eigenvalue weighted by Gasteiger charge is 2.29. The molecule has 1 fully saturated rings. The van der Waals surface area contributed by atoms with Gasteiger partial charge in [0.15, 0.2) is 10.9 Å². The molecule has 1 atom stereocenters. The van der Waals surface area contributed by atoms with Crippen molar-refractivity contribution in [3.8, 4) is 11.3 Å². The number of hydrogen-bond donors (Lipinski definition) is 1. The Kier molecular flexibility index (Phi) is 6.12. The predicted octanol–water partition coefficient (Wildman–Crippen LogP) is 3.27. The maximum atomic E-state index is 13.1. The molecular weight excluding hydrogens is 469 g/mol. The fourth-order valence-electron chi connectivity index (χ4n) is 4.09. The highest BCUT2D eigenvalue weighted by molar-refractivity contribution is 7.14. The van der Waals surface area contributed by atoms with Crippen molar-refractivity contribution in [3.63, 3.8) is 0 Å². The molecule has 0 aromatic carbocycles. The molecule has 0 spiro atoms. The van der Waals surface area contributed by atoms with Crippen LogP contribution in [0.3, 0.4) is 0 Å². The predicted molar refractivity (Wildman–Crippen MR) is 131 cm³/mol. The third-order valence-corrected chi connectivity index (χ3v) is 6.57. The summed E-state index contributed by atoms with van der Waals surface area (Å²) >= 11 is 1.48. The maximum absolute atomic E-state index is 13.1. The van der Waals surface area contributed by atoms with Crippen molar-refractivity contribution in [2.45, 2.75) is 19.9 Å². The molecule has 5 heterocycles. The molecule has 4 aromatic rings. The van der Waals surface area contributed by atoms with Gasteiger partial charge in [0.25, 0.3) is 5.91 Å². The van der Waals surface area contributed by atoms with E-state index in [0.717, 1.165) is 29.3 Å². The van der Waals surface area contributed by atoms with Crippen LogP contribution in [-0.4, -0.2) is 66.2 Å². The van der Waals surface area contributed by atoms with Crippen molar-refractivity contribution in [2.24, 2.45) is 7.05 Å². The average Bonchev–Trinajstić information content (AvgIpc) is 3.44. The third-order valence-electron chi connectivity index (χ3n) is 5.82. The first-order valence-electron chi connectivity index (χ1n) is 11.1. The zero-order valence-corrected chi connectivity index (χ0v) is 20.3. The van der Waals surface area contributed by atoms with Crippen LogP contribution in [0, 0.1) is 12.7 Å². The van der Waals surface area contributed by atoms with E-state index in [9.17, 15) is 9.18 Å². The highest BCUT2D eigenvalue weighted by atomic mass is 32.1. The van der Waals surface area contributed by atoms with Crippen LogP contribution < -0.4 is 10.2 Å². The monoisotopic (exact) mass is 493 g/mol. The molecule has 1 amide bonds. The van der Waals surface area contributed by atoms with Crippen LogP contribution in [0.1, 0.15) is 23.0 Å². The second kappa shape index (κ2) is 9.37. The van der Waals surface area contributed by atoms with Gasteiger partial charge < -0.3 is 15.1 Å². The minimum Gasteiger partial charge on any atom is -0.337 e. The Morgan fingerprint density at radius 2 is 1.97 bits per heavy atom. The van der Waals surface area contributed by atoms with Gasteiger partial charge in [-0.2, -0.15) is 5.10 Å². The first-order valence-corrected chi connectivity index (χ1v) is 12.0. The lowest BCUT2D eigenvalue weighted by molar-refractivity contribution is 0.0673. The van der Waals surface area contributed by atoms with Crippen molar-refractivity contribution in [2.75, 3.05) is 29.9 Å². The number of hydrogen-bond acceptors (Lipinski definition) is 9. The van der Waals surface area contributed by atoms with Gasteiger partial charge in [0, 0.05) is 56.1 Å².